The highest BCUT2D eigenvalue weighted by Crippen LogP contribution is 2.31. The van der Waals surface area contributed by atoms with Crippen molar-refractivity contribution in [3.63, 3.8) is 0 Å². The van der Waals surface area contributed by atoms with Crippen LogP contribution in [0.5, 0.6) is 0 Å². The van der Waals surface area contributed by atoms with Gasteiger partial charge in [-0.15, -0.1) is 5.10 Å². The number of aromatic nitrogens is 3. The molecule has 0 atom stereocenters. The van der Waals surface area contributed by atoms with Crippen LogP contribution in [-0.4, -0.2) is 23.4 Å². The SMILES string of the molecule is Cc1c(S(=O)(=O)c2cccc(Cl)c2)nnn1-c1cccc(C(F)(F)F)c1. The van der Waals surface area contributed by atoms with Gasteiger partial charge in [0, 0.05) is 5.02 Å². The first-order valence-electron chi connectivity index (χ1n) is 7.21. The molecule has 0 aliphatic rings. The lowest BCUT2D eigenvalue weighted by atomic mass is 10.2. The van der Waals surface area contributed by atoms with E-state index in [1.807, 2.05) is 0 Å². The predicted molar refractivity (Wildman–Crippen MR) is 88.0 cm³/mol. The van der Waals surface area contributed by atoms with Crippen LogP contribution in [0.25, 0.3) is 5.69 Å². The highest BCUT2D eigenvalue weighted by atomic mass is 35.5. The van der Waals surface area contributed by atoms with Crippen molar-refractivity contribution in [2.24, 2.45) is 0 Å². The van der Waals surface area contributed by atoms with E-state index < -0.39 is 21.6 Å². The van der Waals surface area contributed by atoms with E-state index in [2.05, 4.69) is 10.3 Å². The first kappa shape index (κ1) is 18.4. The van der Waals surface area contributed by atoms with Crippen LogP contribution in [0, 0.1) is 6.92 Å². The van der Waals surface area contributed by atoms with Crippen molar-refractivity contribution >= 4 is 21.4 Å². The first-order chi connectivity index (χ1) is 12.1. The molecule has 3 rings (SSSR count). The molecule has 1 aromatic heterocycles. The van der Waals surface area contributed by atoms with Gasteiger partial charge in [0.05, 0.1) is 21.8 Å². The van der Waals surface area contributed by atoms with Crippen LogP contribution in [0.15, 0.2) is 58.5 Å². The Labute approximate surface area is 151 Å². The molecule has 0 aliphatic heterocycles. The molecular formula is C16H11ClF3N3O2S. The van der Waals surface area contributed by atoms with Gasteiger partial charge < -0.3 is 0 Å². The molecule has 3 aromatic rings. The Morgan fingerprint density at radius 3 is 2.42 bits per heavy atom. The van der Waals surface area contributed by atoms with Crippen LogP contribution >= 0.6 is 11.6 Å². The van der Waals surface area contributed by atoms with Gasteiger partial charge in [-0.3, -0.25) is 0 Å². The zero-order valence-electron chi connectivity index (χ0n) is 13.2. The van der Waals surface area contributed by atoms with Gasteiger partial charge in [0.25, 0.3) is 0 Å². The summed E-state index contributed by atoms with van der Waals surface area (Å²) in [6.07, 6.45) is -4.53. The molecule has 0 N–H and O–H groups in total. The lowest BCUT2D eigenvalue weighted by Crippen LogP contribution is -2.08. The Kier molecular flexibility index (Phi) is 4.53. The fourth-order valence-electron chi connectivity index (χ4n) is 2.37. The van der Waals surface area contributed by atoms with Crippen molar-refractivity contribution < 1.29 is 21.6 Å². The van der Waals surface area contributed by atoms with Crippen molar-refractivity contribution in [3.05, 3.63) is 64.8 Å². The number of nitrogens with zero attached hydrogens (tertiary/aromatic N) is 3. The fourth-order valence-corrected chi connectivity index (χ4v) is 4.01. The number of rotatable bonds is 3. The Bertz CT molecular complexity index is 1080. The van der Waals surface area contributed by atoms with E-state index in [-0.39, 0.29) is 26.3 Å². The summed E-state index contributed by atoms with van der Waals surface area (Å²) >= 11 is 5.83. The summed E-state index contributed by atoms with van der Waals surface area (Å²) in [6, 6.07) is 9.99. The summed E-state index contributed by atoms with van der Waals surface area (Å²) in [6.45, 7) is 1.41. The van der Waals surface area contributed by atoms with E-state index in [1.54, 1.807) is 0 Å². The molecule has 0 aliphatic carbocycles. The molecule has 0 spiro atoms. The highest BCUT2D eigenvalue weighted by Gasteiger charge is 2.31. The predicted octanol–water partition coefficient (Wildman–Crippen LogP) is 4.08. The van der Waals surface area contributed by atoms with Gasteiger partial charge in [-0.25, -0.2) is 13.1 Å². The maximum Gasteiger partial charge on any atom is 0.416 e. The van der Waals surface area contributed by atoms with Crippen LogP contribution in [0.4, 0.5) is 13.2 Å². The number of benzene rings is 2. The molecule has 0 unspecified atom stereocenters. The van der Waals surface area contributed by atoms with E-state index in [0.717, 1.165) is 16.8 Å². The van der Waals surface area contributed by atoms with Crippen LogP contribution in [0.1, 0.15) is 11.3 Å². The largest absolute Gasteiger partial charge is 0.416 e. The molecule has 5 nitrogen and oxygen atoms in total. The number of halogens is 4. The minimum Gasteiger partial charge on any atom is -0.217 e. The third-order valence-electron chi connectivity index (χ3n) is 3.63. The lowest BCUT2D eigenvalue weighted by molar-refractivity contribution is -0.137. The summed E-state index contributed by atoms with van der Waals surface area (Å²) in [5.74, 6) is 0. The van der Waals surface area contributed by atoms with Gasteiger partial charge in [-0.2, -0.15) is 13.2 Å². The second-order valence-corrected chi connectivity index (χ2v) is 7.70. The molecular weight excluding hydrogens is 391 g/mol. The van der Waals surface area contributed by atoms with Crippen molar-refractivity contribution in [2.75, 3.05) is 0 Å². The van der Waals surface area contributed by atoms with E-state index in [0.29, 0.717) is 0 Å². The number of hydrogen-bond donors (Lipinski definition) is 0. The normalized spacial score (nSPS) is 12.3. The molecule has 26 heavy (non-hydrogen) atoms. The smallest absolute Gasteiger partial charge is 0.217 e. The standard InChI is InChI=1S/C16H11ClF3N3O2S/c1-10-15(26(24,25)14-7-3-5-12(17)9-14)21-22-23(10)13-6-2-4-11(8-13)16(18,19)20/h2-9H,1H3. The van der Waals surface area contributed by atoms with E-state index in [1.165, 1.54) is 43.3 Å². The van der Waals surface area contributed by atoms with Crippen molar-refractivity contribution in [1.29, 1.82) is 0 Å². The summed E-state index contributed by atoms with van der Waals surface area (Å²) < 4.78 is 65.1. The first-order valence-corrected chi connectivity index (χ1v) is 9.07. The summed E-state index contributed by atoms with van der Waals surface area (Å²) in [5, 5.41) is 7.25. The topological polar surface area (TPSA) is 64.8 Å². The molecule has 0 saturated carbocycles. The molecule has 136 valence electrons. The van der Waals surface area contributed by atoms with Gasteiger partial charge in [-0.05, 0) is 43.3 Å². The highest BCUT2D eigenvalue weighted by molar-refractivity contribution is 7.91. The van der Waals surface area contributed by atoms with Crippen molar-refractivity contribution in [1.82, 2.24) is 15.0 Å². The van der Waals surface area contributed by atoms with Crippen molar-refractivity contribution in [3.8, 4) is 5.69 Å². The zero-order chi connectivity index (χ0) is 19.1. The number of alkyl halides is 3. The van der Waals surface area contributed by atoms with Crippen LogP contribution in [0.3, 0.4) is 0 Å². The number of sulfone groups is 1. The van der Waals surface area contributed by atoms with E-state index in [9.17, 15) is 21.6 Å². The quantitative estimate of drug-likeness (QED) is 0.663. The minimum atomic E-state index is -4.53. The Morgan fingerprint density at radius 1 is 1.08 bits per heavy atom. The molecule has 0 radical (unpaired) electrons. The van der Waals surface area contributed by atoms with Gasteiger partial charge in [0.15, 0.2) is 0 Å². The molecule has 2 aromatic carbocycles. The zero-order valence-corrected chi connectivity index (χ0v) is 14.8. The molecule has 0 amide bonds. The van der Waals surface area contributed by atoms with Crippen LogP contribution in [-0.2, 0) is 16.0 Å². The average Bonchev–Trinajstić information content (AvgIpc) is 2.96. The molecule has 1 heterocycles. The molecule has 0 saturated heterocycles. The van der Waals surface area contributed by atoms with Gasteiger partial charge >= 0.3 is 6.18 Å². The molecule has 0 bridgehead atoms. The second-order valence-electron chi connectivity index (χ2n) is 5.40. The van der Waals surface area contributed by atoms with Crippen LogP contribution < -0.4 is 0 Å². The molecule has 10 heteroatoms. The maximum absolute atomic E-state index is 12.9. The van der Waals surface area contributed by atoms with Crippen molar-refractivity contribution in [2.45, 2.75) is 23.0 Å². The minimum absolute atomic E-state index is 0.0531. The maximum atomic E-state index is 12.9. The summed E-state index contributed by atoms with van der Waals surface area (Å²) in [7, 11) is -4.02. The number of hydrogen-bond acceptors (Lipinski definition) is 4. The monoisotopic (exact) mass is 401 g/mol. The Balaban J connectivity index is 2.09. The lowest BCUT2D eigenvalue weighted by Gasteiger charge is -2.09. The van der Waals surface area contributed by atoms with Gasteiger partial charge in [0.1, 0.15) is 0 Å². The Morgan fingerprint density at radius 2 is 1.77 bits per heavy atom. The third-order valence-corrected chi connectivity index (χ3v) is 5.63. The van der Waals surface area contributed by atoms with Gasteiger partial charge in [0.2, 0.25) is 14.9 Å². The average molecular weight is 402 g/mol. The Hall–Kier alpha value is -2.39. The second kappa shape index (κ2) is 6.40. The summed E-state index contributed by atoms with van der Waals surface area (Å²) in [5.41, 5.74) is -0.731. The van der Waals surface area contributed by atoms with E-state index >= 15 is 0 Å². The summed E-state index contributed by atoms with van der Waals surface area (Å²) in [4.78, 5) is -0.0795. The third kappa shape index (κ3) is 3.32. The molecule has 0 fully saturated rings. The fraction of sp³-hybridized carbons (Fsp3) is 0.125. The van der Waals surface area contributed by atoms with Gasteiger partial charge in [-0.1, -0.05) is 28.9 Å². The van der Waals surface area contributed by atoms with Crippen LogP contribution in [0.2, 0.25) is 5.02 Å². The van der Waals surface area contributed by atoms with E-state index in [4.69, 9.17) is 11.6 Å².